The Morgan fingerprint density at radius 1 is 1.23 bits per heavy atom. The molecule has 0 radical (unpaired) electrons. The maximum absolute atomic E-state index is 11.6. The van der Waals surface area contributed by atoms with Crippen LogP contribution in [0, 0.1) is 0 Å². The van der Waals surface area contributed by atoms with Crippen LogP contribution in [-0.4, -0.2) is 50.8 Å². The third-order valence-electron chi connectivity index (χ3n) is 4.10. The SMILES string of the molecule is CN=C(NCCCC(=O)NC1CC1)NCC1COc2ccccc2O1.I. The van der Waals surface area contributed by atoms with Gasteiger partial charge in [0.1, 0.15) is 12.7 Å². The molecule has 0 saturated heterocycles. The maximum Gasteiger partial charge on any atom is 0.220 e. The number of hydrogen-bond donors (Lipinski definition) is 3. The number of benzene rings is 1. The molecule has 0 aromatic heterocycles. The van der Waals surface area contributed by atoms with Gasteiger partial charge < -0.3 is 25.4 Å². The average Bonchev–Trinajstić information content (AvgIpc) is 3.45. The number of carbonyl (C=O) groups excluding carboxylic acids is 1. The number of ether oxygens (including phenoxy) is 2. The largest absolute Gasteiger partial charge is 0.486 e. The van der Waals surface area contributed by atoms with E-state index >= 15 is 0 Å². The van der Waals surface area contributed by atoms with Gasteiger partial charge in [-0.25, -0.2) is 0 Å². The maximum atomic E-state index is 11.6. The number of rotatable bonds is 7. The van der Waals surface area contributed by atoms with E-state index in [-0.39, 0.29) is 36.0 Å². The summed E-state index contributed by atoms with van der Waals surface area (Å²) >= 11 is 0. The van der Waals surface area contributed by atoms with Gasteiger partial charge in [0.15, 0.2) is 17.5 Å². The van der Waals surface area contributed by atoms with E-state index in [2.05, 4.69) is 20.9 Å². The molecule has 2 aliphatic rings. The van der Waals surface area contributed by atoms with Gasteiger partial charge in [-0.3, -0.25) is 9.79 Å². The van der Waals surface area contributed by atoms with E-state index in [0.29, 0.717) is 38.1 Å². The Labute approximate surface area is 171 Å². The van der Waals surface area contributed by atoms with Gasteiger partial charge in [-0.15, -0.1) is 24.0 Å². The first-order chi connectivity index (χ1) is 12.2. The Morgan fingerprint density at radius 3 is 2.73 bits per heavy atom. The van der Waals surface area contributed by atoms with Crippen LogP contribution in [0.2, 0.25) is 0 Å². The summed E-state index contributed by atoms with van der Waals surface area (Å²) < 4.78 is 11.6. The molecule has 3 rings (SSSR count). The van der Waals surface area contributed by atoms with Crippen LogP contribution >= 0.6 is 24.0 Å². The molecule has 1 aromatic rings. The van der Waals surface area contributed by atoms with Gasteiger partial charge in [-0.2, -0.15) is 0 Å². The summed E-state index contributed by atoms with van der Waals surface area (Å²) in [5.74, 6) is 2.39. The van der Waals surface area contributed by atoms with Crippen LogP contribution in [0.4, 0.5) is 0 Å². The first-order valence-corrected chi connectivity index (χ1v) is 8.87. The molecule has 1 fully saturated rings. The molecule has 1 aliphatic heterocycles. The Balaban J connectivity index is 0.00000243. The number of carbonyl (C=O) groups is 1. The van der Waals surface area contributed by atoms with E-state index in [9.17, 15) is 4.79 Å². The smallest absolute Gasteiger partial charge is 0.220 e. The predicted octanol–water partition coefficient (Wildman–Crippen LogP) is 1.67. The zero-order valence-electron chi connectivity index (χ0n) is 15.0. The van der Waals surface area contributed by atoms with Crippen molar-refractivity contribution in [2.24, 2.45) is 4.99 Å². The molecule has 3 N–H and O–H groups in total. The van der Waals surface area contributed by atoms with Crippen molar-refractivity contribution in [3.05, 3.63) is 24.3 Å². The van der Waals surface area contributed by atoms with Gasteiger partial charge in [0.2, 0.25) is 5.91 Å². The minimum absolute atomic E-state index is 0. The van der Waals surface area contributed by atoms with Crippen LogP contribution < -0.4 is 25.4 Å². The van der Waals surface area contributed by atoms with Crippen molar-refractivity contribution in [3.8, 4) is 11.5 Å². The molecule has 1 aliphatic carbocycles. The van der Waals surface area contributed by atoms with E-state index < -0.39 is 0 Å². The fourth-order valence-electron chi connectivity index (χ4n) is 2.58. The number of halogens is 1. The highest BCUT2D eigenvalue weighted by atomic mass is 127. The number of nitrogens with one attached hydrogen (secondary N) is 3. The van der Waals surface area contributed by atoms with Crippen LogP contribution in [0.1, 0.15) is 25.7 Å². The number of fused-ring (bicyclic) bond motifs is 1. The van der Waals surface area contributed by atoms with E-state index in [4.69, 9.17) is 9.47 Å². The van der Waals surface area contributed by atoms with Crippen LogP contribution in [0.5, 0.6) is 11.5 Å². The first kappa shape index (κ1) is 20.6. The van der Waals surface area contributed by atoms with Crippen molar-refractivity contribution in [2.75, 3.05) is 26.7 Å². The van der Waals surface area contributed by atoms with Gasteiger partial charge in [0.05, 0.1) is 6.54 Å². The van der Waals surface area contributed by atoms with Crippen molar-refractivity contribution in [1.82, 2.24) is 16.0 Å². The first-order valence-electron chi connectivity index (χ1n) is 8.87. The minimum Gasteiger partial charge on any atom is -0.486 e. The second kappa shape index (κ2) is 10.4. The summed E-state index contributed by atoms with van der Waals surface area (Å²) in [6, 6.07) is 8.09. The van der Waals surface area contributed by atoms with E-state index in [0.717, 1.165) is 30.8 Å². The monoisotopic (exact) mass is 474 g/mol. The van der Waals surface area contributed by atoms with Gasteiger partial charge in [0, 0.05) is 26.1 Å². The van der Waals surface area contributed by atoms with Gasteiger partial charge >= 0.3 is 0 Å². The van der Waals surface area contributed by atoms with Crippen LogP contribution in [-0.2, 0) is 4.79 Å². The number of nitrogens with zero attached hydrogens (tertiary/aromatic N) is 1. The third kappa shape index (κ3) is 6.54. The molecule has 7 nitrogen and oxygen atoms in total. The van der Waals surface area contributed by atoms with E-state index in [1.54, 1.807) is 7.05 Å². The summed E-state index contributed by atoms with van der Waals surface area (Å²) in [6.45, 7) is 1.79. The van der Waals surface area contributed by atoms with E-state index in [1.807, 2.05) is 24.3 Å². The van der Waals surface area contributed by atoms with Gasteiger partial charge in [-0.05, 0) is 31.4 Å². The normalized spacial score (nSPS) is 18.5. The quantitative estimate of drug-likeness (QED) is 0.243. The number of para-hydroxylation sites is 2. The number of hydrogen-bond acceptors (Lipinski definition) is 4. The molecule has 0 spiro atoms. The summed E-state index contributed by atoms with van der Waals surface area (Å²) in [5, 5.41) is 9.44. The van der Waals surface area contributed by atoms with Crippen LogP contribution in [0.15, 0.2) is 29.3 Å². The summed E-state index contributed by atoms with van der Waals surface area (Å²) in [5.41, 5.74) is 0. The lowest BCUT2D eigenvalue weighted by atomic mass is 10.2. The van der Waals surface area contributed by atoms with Gasteiger partial charge in [-0.1, -0.05) is 12.1 Å². The Bertz CT molecular complexity index is 622. The topological polar surface area (TPSA) is 84.0 Å². The van der Waals surface area contributed by atoms with E-state index in [1.165, 1.54) is 0 Å². The predicted molar refractivity (Wildman–Crippen MR) is 112 cm³/mol. The standard InChI is InChI=1S/C18H26N4O3.HI/c1-19-18(20-10-4-7-17(23)22-13-8-9-13)21-11-14-12-24-15-5-2-3-6-16(15)25-14;/h2-3,5-6,13-14H,4,7-12H2,1H3,(H,22,23)(H2,19,20,21);1H. The molecule has 1 heterocycles. The van der Waals surface area contributed by atoms with Crippen LogP contribution in [0.3, 0.4) is 0 Å². The fraction of sp³-hybridized carbons (Fsp3) is 0.556. The molecular weight excluding hydrogens is 447 g/mol. The number of amides is 1. The van der Waals surface area contributed by atoms with Crippen molar-refractivity contribution in [2.45, 2.75) is 37.8 Å². The van der Waals surface area contributed by atoms with Crippen LogP contribution in [0.25, 0.3) is 0 Å². The second-order valence-electron chi connectivity index (χ2n) is 6.32. The third-order valence-corrected chi connectivity index (χ3v) is 4.10. The summed E-state index contributed by atoms with van der Waals surface area (Å²) in [7, 11) is 1.72. The summed E-state index contributed by atoms with van der Waals surface area (Å²) in [6.07, 6.45) is 3.49. The molecule has 144 valence electrons. The second-order valence-corrected chi connectivity index (χ2v) is 6.32. The van der Waals surface area contributed by atoms with Crippen molar-refractivity contribution < 1.29 is 14.3 Å². The highest BCUT2D eigenvalue weighted by Crippen LogP contribution is 2.30. The highest BCUT2D eigenvalue weighted by molar-refractivity contribution is 14.0. The average molecular weight is 474 g/mol. The lowest BCUT2D eigenvalue weighted by Crippen LogP contribution is -2.45. The lowest BCUT2D eigenvalue weighted by Gasteiger charge is -2.27. The molecule has 1 unspecified atom stereocenters. The zero-order chi connectivity index (χ0) is 17.5. The minimum atomic E-state index is -0.0715. The Kier molecular flexibility index (Phi) is 8.27. The molecule has 1 atom stereocenters. The molecule has 1 amide bonds. The summed E-state index contributed by atoms with van der Waals surface area (Å²) in [4.78, 5) is 15.8. The Morgan fingerprint density at radius 2 is 2.00 bits per heavy atom. The molecule has 1 saturated carbocycles. The molecule has 26 heavy (non-hydrogen) atoms. The lowest BCUT2D eigenvalue weighted by molar-refractivity contribution is -0.121. The molecule has 1 aromatic carbocycles. The molecule has 8 heteroatoms. The van der Waals surface area contributed by atoms with Crippen molar-refractivity contribution in [3.63, 3.8) is 0 Å². The van der Waals surface area contributed by atoms with Crippen molar-refractivity contribution in [1.29, 1.82) is 0 Å². The number of guanidine groups is 1. The number of aliphatic imine (C=N–C) groups is 1. The zero-order valence-corrected chi connectivity index (χ0v) is 17.3. The van der Waals surface area contributed by atoms with Crippen molar-refractivity contribution >= 4 is 35.8 Å². The highest BCUT2D eigenvalue weighted by Gasteiger charge is 2.23. The molecule has 0 bridgehead atoms. The molecular formula is C18H27IN4O3. The van der Waals surface area contributed by atoms with Gasteiger partial charge in [0.25, 0.3) is 0 Å². The Hall–Kier alpha value is -1.71. The fourth-order valence-corrected chi connectivity index (χ4v) is 2.58.